The van der Waals surface area contributed by atoms with Gasteiger partial charge in [0.2, 0.25) is 0 Å². The van der Waals surface area contributed by atoms with Crippen LogP contribution in [0.5, 0.6) is 0 Å². The van der Waals surface area contributed by atoms with Crippen molar-refractivity contribution < 1.29 is 4.42 Å². The summed E-state index contributed by atoms with van der Waals surface area (Å²) in [4.78, 5) is 4.48. The average Bonchev–Trinajstić information content (AvgIpc) is 2.91. The maximum absolute atomic E-state index is 6.02. The third kappa shape index (κ3) is 2.09. The Bertz CT molecular complexity index is 737. The number of para-hydroxylation sites is 1. The largest absolute Gasteiger partial charge is 0.459 e. The standard InChI is InChI=1S/C18H19NO/c1-2-6-13(7-3-1)10-14-11-16-15-8-4-5-9-17(15)19-12-18(16)20-14/h4-5,8-9,11-13H,1-3,6-7,10H2. The van der Waals surface area contributed by atoms with Crippen molar-refractivity contribution in [2.24, 2.45) is 5.92 Å². The number of furan rings is 1. The fraction of sp³-hybridized carbons (Fsp3) is 0.389. The maximum Gasteiger partial charge on any atom is 0.153 e. The molecule has 3 aromatic rings. The number of fused-ring (bicyclic) bond motifs is 3. The highest BCUT2D eigenvalue weighted by molar-refractivity contribution is 6.03. The van der Waals surface area contributed by atoms with Gasteiger partial charge in [0.1, 0.15) is 5.76 Å². The summed E-state index contributed by atoms with van der Waals surface area (Å²) in [6.07, 6.45) is 9.84. The third-order valence-electron chi connectivity index (χ3n) is 4.54. The molecule has 0 amide bonds. The smallest absolute Gasteiger partial charge is 0.153 e. The topological polar surface area (TPSA) is 26.0 Å². The quantitative estimate of drug-likeness (QED) is 0.644. The molecular formula is C18H19NO. The van der Waals surface area contributed by atoms with E-state index in [1.165, 1.54) is 42.9 Å². The van der Waals surface area contributed by atoms with Crippen molar-refractivity contribution in [1.82, 2.24) is 4.98 Å². The summed E-state index contributed by atoms with van der Waals surface area (Å²) in [5.41, 5.74) is 1.97. The lowest BCUT2D eigenvalue weighted by Crippen LogP contribution is -2.08. The molecule has 1 aliphatic rings. The van der Waals surface area contributed by atoms with Crippen molar-refractivity contribution in [3.8, 4) is 0 Å². The Balaban J connectivity index is 1.72. The Morgan fingerprint density at radius 3 is 2.80 bits per heavy atom. The number of aromatic nitrogens is 1. The highest BCUT2D eigenvalue weighted by Gasteiger charge is 2.16. The van der Waals surface area contributed by atoms with Gasteiger partial charge in [0, 0.05) is 17.2 Å². The molecule has 20 heavy (non-hydrogen) atoms. The Hall–Kier alpha value is -1.83. The zero-order valence-corrected chi connectivity index (χ0v) is 11.6. The van der Waals surface area contributed by atoms with Crippen LogP contribution in [-0.2, 0) is 6.42 Å². The van der Waals surface area contributed by atoms with E-state index in [1.807, 2.05) is 12.3 Å². The molecule has 0 aliphatic heterocycles. The first-order valence-electron chi connectivity index (χ1n) is 7.66. The van der Waals surface area contributed by atoms with Gasteiger partial charge in [-0.25, -0.2) is 0 Å². The van der Waals surface area contributed by atoms with Crippen LogP contribution in [0, 0.1) is 5.92 Å². The van der Waals surface area contributed by atoms with Crippen LogP contribution < -0.4 is 0 Å². The summed E-state index contributed by atoms with van der Waals surface area (Å²) < 4.78 is 6.02. The second kappa shape index (κ2) is 4.93. The minimum Gasteiger partial charge on any atom is -0.459 e. The van der Waals surface area contributed by atoms with E-state index in [4.69, 9.17) is 4.42 Å². The van der Waals surface area contributed by atoms with Crippen molar-refractivity contribution in [3.05, 3.63) is 42.3 Å². The first kappa shape index (κ1) is 12.0. The van der Waals surface area contributed by atoms with Gasteiger partial charge in [-0.1, -0.05) is 50.3 Å². The molecule has 1 aromatic carbocycles. The molecule has 2 nitrogen and oxygen atoms in total. The van der Waals surface area contributed by atoms with E-state index in [9.17, 15) is 0 Å². The molecule has 0 spiro atoms. The van der Waals surface area contributed by atoms with Gasteiger partial charge in [-0.3, -0.25) is 4.98 Å². The van der Waals surface area contributed by atoms with Crippen LogP contribution in [0.25, 0.3) is 21.9 Å². The first-order chi connectivity index (χ1) is 9.90. The zero-order chi connectivity index (χ0) is 13.4. The summed E-state index contributed by atoms with van der Waals surface area (Å²) in [6.45, 7) is 0. The number of pyridine rings is 1. The molecule has 1 saturated carbocycles. The van der Waals surface area contributed by atoms with E-state index in [-0.39, 0.29) is 0 Å². The second-order valence-corrected chi connectivity index (χ2v) is 5.97. The van der Waals surface area contributed by atoms with Gasteiger partial charge in [-0.05, 0) is 18.1 Å². The molecule has 2 heteroatoms. The lowest BCUT2D eigenvalue weighted by Gasteiger charge is -2.20. The lowest BCUT2D eigenvalue weighted by molar-refractivity contribution is 0.337. The van der Waals surface area contributed by atoms with Crippen LogP contribution >= 0.6 is 0 Å². The van der Waals surface area contributed by atoms with Crippen molar-refractivity contribution >= 4 is 21.9 Å². The Kier molecular flexibility index (Phi) is 2.95. The van der Waals surface area contributed by atoms with Crippen molar-refractivity contribution in [2.75, 3.05) is 0 Å². The molecule has 2 aromatic heterocycles. The lowest BCUT2D eigenvalue weighted by atomic mass is 9.86. The Morgan fingerprint density at radius 1 is 1.05 bits per heavy atom. The highest BCUT2D eigenvalue weighted by atomic mass is 16.3. The molecule has 2 heterocycles. The Morgan fingerprint density at radius 2 is 1.90 bits per heavy atom. The molecule has 102 valence electrons. The zero-order valence-electron chi connectivity index (χ0n) is 11.6. The molecule has 4 rings (SSSR count). The number of hydrogen-bond donors (Lipinski definition) is 0. The predicted molar refractivity (Wildman–Crippen MR) is 81.8 cm³/mol. The van der Waals surface area contributed by atoms with Crippen molar-refractivity contribution in [1.29, 1.82) is 0 Å². The van der Waals surface area contributed by atoms with E-state index < -0.39 is 0 Å². The molecule has 0 unspecified atom stereocenters. The van der Waals surface area contributed by atoms with Crippen molar-refractivity contribution in [2.45, 2.75) is 38.5 Å². The van der Waals surface area contributed by atoms with Crippen LogP contribution in [-0.4, -0.2) is 4.98 Å². The van der Waals surface area contributed by atoms with Crippen molar-refractivity contribution in [3.63, 3.8) is 0 Å². The third-order valence-corrected chi connectivity index (χ3v) is 4.54. The maximum atomic E-state index is 6.02. The molecular weight excluding hydrogens is 246 g/mol. The molecule has 1 aliphatic carbocycles. The van der Waals surface area contributed by atoms with Crippen LogP contribution in [0.1, 0.15) is 37.9 Å². The average molecular weight is 265 g/mol. The SMILES string of the molecule is c1ccc2c(c1)ncc1oc(CC3CCCCC3)cc12. The summed E-state index contributed by atoms with van der Waals surface area (Å²) in [5, 5.41) is 2.41. The fourth-order valence-corrected chi connectivity index (χ4v) is 3.48. The van der Waals surface area contributed by atoms with Crippen LogP contribution in [0.3, 0.4) is 0 Å². The van der Waals surface area contributed by atoms with Gasteiger partial charge in [0.25, 0.3) is 0 Å². The number of hydrogen-bond acceptors (Lipinski definition) is 2. The van der Waals surface area contributed by atoms with Gasteiger partial charge >= 0.3 is 0 Å². The van der Waals surface area contributed by atoms with Crippen LogP contribution in [0.4, 0.5) is 0 Å². The highest BCUT2D eigenvalue weighted by Crippen LogP contribution is 2.31. The monoisotopic (exact) mass is 265 g/mol. The van der Waals surface area contributed by atoms with Crippen LogP contribution in [0.15, 0.2) is 40.9 Å². The number of nitrogens with zero attached hydrogens (tertiary/aromatic N) is 1. The molecule has 1 fully saturated rings. The summed E-state index contributed by atoms with van der Waals surface area (Å²) in [6, 6.07) is 10.5. The summed E-state index contributed by atoms with van der Waals surface area (Å²) in [5.74, 6) is 1.94. The normalized spacial score (nSPS) is 17.0. The predicted octanol–water partition coefficient (Wildman–Crippen LogP) is 5.10. The number of benzene rings is 1. The van der Waals surface area contributed by atoms with Gasteiger partial charge in [-0.2, -0.15) is 0 Å². The Labute approximate surface area is 118 Å². The minimum atomic E-state index is 0.809. The van der Waals surface area contributed by atoms with Crippen LogP contribution in [0.2, 0.25) is 0 Å². The second-order valence-electron chi connectivity index (χ2n) is 5.97. The number of rotatable bonds is 2. The summed E-state index contributed by atoms with van der Waals surface area (Å²) in [7, 11) is 0. The first-order valence-corrected chi connectivity index (χ1v) is 7.66. The fourth-order valence-electron chi connectivity index (χ4n) is 3.48. The summed E-state index contributed by atoms with van der Waals surface area (Å²) >= 11 is 0. The molecule has 0 atom stereocenters. The van der Waals surface area contributed by atoms with Gasteiger partial charge in [0.05, 0.1) is 11.7 Å². The van der Waals surface area contributed by atoms with Gasteiger partial charge in [-0.15, -0.1) is 0 Å². The van der Waals surface area contributed by atoms with Gasteiger partial charge < -0.3 is 4.42 Å². The molecule has 0 N–H and O–H groups in total. The molecule has 0 bridgehead atoms. The van der Waals surface area contributed by atoms with E-state index >= 15 is 0 Å². The minimum absolute atomic E-state index is 0.809. The van der Waals surface area contributed by atoms with E-state index in [0.717, 1.165) is 29.2 Å². The molecule has 0 radical (unpaired) electrons. The van der Waals surface area contributed by atoms with Gasteiger partial charge in [0.15, 0.2) is 5.58 Å². The molecule has 0 saturated heterocycles. The van der Waals surface area contributed by atoms with E-state index in [1.54, 1.807) is 0 Å². The van der Waals surface area contributed by atoms with E-state index in [2.05, 4.69) is 29.2 Å². The van der Waals surface area contributed by atoms with E-state index in [0.29, 0.717) is 0 Å².